The van der Waals surface area contributed by atoms with E-state index in [2.05, 4.69) is 0 Å². The van der Waals surface area contributed by atoms with E-state index >= 15 is 0 Å². The summed E-state index contributed by atoms with van der Waals surface area (Å²) in [5.74, 6) is -47.4. The highest BCUT2D eigenvalue weighted by molar-refractivity contribution is 6.44. The molecule has 0 aliphatic heterocycles. The lowest BCUT2D eigenvalue weighted by atomic mass is 9.88. The molecule has 0 aromatic rings. The van der Waals surface area contributed by atoms with E-state index in [-0.39, 0.29) is 0 Å². The topological polar surface area (TPSA) is 18.5 Å². The van der Waals surface area contributed by atoms with E-state index in [0.29, 0.717) is 0 Å². The zero-order valence-corrected chi connectivity index (χ0v) is 20.1. The van der Waals surface area contributed by atoms with Crippen LogP contribution in [0.25, 0.3) is 0 Å². The maximum absolute atomic E-state index is 14.1. The monoisotopic (exact) mass is 608 g/mol. The summed E-state index contributed by atoms with van der Waals surface area (Å²) in [4.78, 5) is 0. The molecule has 3 unspecified atom stereocenters. The van der Waals surface area contributed by atoms with Gasteiger partial charge in [0.25, 0.3) is 6.43 Å². The first-order valence-electron chi connectivity index (χ1n) is 9.92. The van der Waals surface area contributed by atoms with Crippen LogP contribution in [0.1, 0.15) is 27.7 Å². The van der Waals surface area contributed by atoms with E-state index in [1.807, 2.05) is 0 Å². The minimum Gasteiger partial charge on any atom is -0.394 e. The minimum atomic E-state index is -8.39. The van der Waals surface area contributed by atoms with E-state index in [0.717, 1.165) is 0 Å². The molecule has 0 aliphatic rings. The second-order valence-electron chi connectivity index (χ2n) is 8.23. The van der Waals surface area contributed by atoms with Gasteiger partial charge in [0, 0.05) is 18.3 Å². The quantitative estimate of drug-likeness (QED) is 0.145. The summed E-state index contributed by atoms with van der Waals surface area (Å²) in [7, 11) is -3.82. The van der Waals surface area contributed by atoms with Crippen LogP contribution < -0.4 is 0 Å². The van der Waals surface area contributed by atoms with Crippen LogP contribution in [0.4, 0.5) is 74.6 Å². The maximum atomic E-state index is 14.1. The third-order valence-electron chi connectivity index (χ3n) is 4.53. The highest BCUT2D eigenvalue weighted by atomic mass is 28.3. The Hall–Kier alpha value is -1.05. The van der Waals surface area contributed by atoms with E-state index < -0.39 is 88.0 Å². The number of hydrogen-bond donors (Lipinski definition) is 0. The Morgan fingerprint density at radius 1 is 0.541 bits per heavy atom. The third-order valence-corrected chi connectivity index (χ3v) is 7.02. The van der Waals surface area contributed by atoms with Gasteiger partial charge < -0.3 is 8.85 Å². The van der Waals surface area contributed by atoms with Gasteiger partial charge in [-0.05, 0) is 27.7 Å². The molecule has 20 heteroatoms. The van der Waals surface area contributed by atoms with Crippen LogP contribution in [0.2, 0.25) is 6.04 Å². The molecule has 0 aromatic carbocycles. The van der Waals surface area contributed by atoms with E-state index in [4.69, 9.17) is 8.85 Å². The van der Waals surface area contributed by atoms with Gasteiger partial charge in [-0.15, -0.1) is 0 Å². The number of halogens is 17. The molecule has 0 heterocycles. The van der Waals surface area contributed by atoms with Crippen LogP contribution in [0, 0.1) is 0 Å². The highest BCUT2D eigenvalue weighted by Gasteiger charge is 2.91. The lowest BCUT2D eigenvalue weighted by molar-refractivity contribution is -0.433. The summed E-state index contributed by atoms with van der Waals surface area (Å²) in [6.07, 6.45) is -22.1. The van der Waals surface area contributed by atoms with Gasteiger partial charge in [0.1, 0.15) is 0 Å². The summed E-state index contributed by atoms with van der Waals surface area (Å²) >= 11 is 0. The predicted octanol–water partition coefficient (Wildman–Crippen LogP) is 7.15. The Kier molecular flexibility index (Phi) is 11.3. The van der Waals surface area contributed by atoms with Gasteiger partial charge in [-0.1, -0.05) is 0 Å². The summed E-state index contributed by atoms with van der Waals surface area (Å²) in [6, 6.07) is -1.96. The van der Waals surface area contributed by atoms with Crippen LogP contribution in [0.5, 0.6) is 0 Å². The van der Waals surface area contributed by atoms with E-state index in [9.17, 15) is 74.6 Å². The molecule has 0 amide bonds. The summed E-state index contributed by atoms with van der Waals surface area (Å²) in [5, 5.41) is 0. The zero-order valence-electron chi connectivity index (χ0n) is 19.0. The lowest BCUT2D eigenvalue weighted by Crippen LogP contribution is -2.73. The van der Waals surface area contributed by atoms with Crippen molar-refractivity contribution in [1.82, 2.24) is 0 Å². The maximum Gasteiger partial charge on any atom is 0.384 e. The van der Waals surface area contributed by atoms with Gasteiger partial charge in [-0.25, -0.2) is 22.0 Å². The van der Waals surface area contributed by atoms with Crippen molar-refractivity contribution >= 4 is 9.28 Å². The SMILES string of the molecule is CC(C)O[SiH](CC(F)C(F)(F)C(F)(F)C(F)(F)C(F)(F)C(F)(F)C(F)(F)C(F)C(F)C(F)F)OC(C)C. The second kappa shape index (κ2) is 11.6. The first-order chi connectivity index (χ1) is 16.1. The van der Waals surface area contributed by atoms with Crippen molar-refractivity contribution in [2.75, 3.05) is 0 Å². The molecule has 0 aromatic heterocycles. The number of hydrogen-bond acceptors (Lipinski definition) is 2. The third kappa shape index (κ3) is 6.58. The molecule has 224 valence electrons. The van der Waals surface area contributed by atoms with Crippen LogP contribution in [-0.2, 0) is 8.85 Å². The molecule has 0 N–H and O–H groups in total. The fourth-order valence-corrected chi connectivity index (χ4v) is 4.71. The molecule has 2 nitrogen and oxygen atoms in total. The normalized spacial score (nSPS) is 17.8. The first kappa shape index (κ1) is 35.9. The van der Waals surface area contributed by atoms with E-state index in [1.165, 1.54) is 27.7 Å². The Morgan fingerprint density at radius 3 is 1.16 bits per heavy atom. The fourth-order valence-electron chi connectivity index (χ4n) is 2.58. The van der Waals surface area contributed by atoms with Crippen LogP contribution >= 0.6 is 0 Å². The molecule has 37 heavy (non-hydrogen) atoms. The molecule has 0 saturated carbocycles. The smallest absolute Gasteiger partial charge is 0.384 e. The van der Waals surface area contributed by atoms with Gasteiger partial charge in [0.15, 0.2) is 12.3 Å². The molecule has 0 bridgehead atoms. The van der Waals surface area contributed by atoms with Gasteiger partial charge >= 0.3 is 44.8 Å². The number of rotatable bonds is 15. The first-order valence-corrected chi connectivity index (χ1v) is 11.7. The van der Waals surface area contributed by atoms with Crippen molar-refractivity contribution in [3.05, 3.63) is 0 Å². The molecular weight excluding hydrogens is 587 g/mol. The lowest BCUT2D eigenvalue weighted by Gasteiger charge is -2.42. The van der Waals surface area contributed by atoms with Crippen molar-refractivity contribution < 1.29 is 83.5 Å². The predicted molar refractivity (Wildman–Crippen MR) is 94.8 cm³/mol. The van der Waals surface area contributed by atoms with Gasteiger partial charge in [-0.2, -0.15) is 52.7 Å². The second-order valence-corrected chi connectivity index (χ2v) is 10.1. The average Bonchev–Trinajstić information content (AvgIpc) is 2.70. The molecule has 0 aliphatic carbocycles. The van der Waals surface area contributed by atoms with Crippen molar-refractivity contribution in [2.24, 2.45) is 0 Å². The van der Waals surface area contributed by atoms with Crippen molar-refractivity contribution in [1.29, 1.82) is 0 Å². The van der Waals surface area contributed by atoms with Crippen molar-refractivity contribution in [3.8, 4) is 0 Å². The molecule has 0 saturated heterocycles. The zero-order chi connectivity index (χ0) is 30.2. The van der Waals surface area contributed by atoms with Gasteiger partial charge in [0.05, 0.1) is 0 Å². The van der Waals surface area contributed by atoms with Crippen LogP contribution in [-0.4, -0.2) is 82.0 Å². The summed E-state index contributed by atoms with van der Waals surface area (Å²) in [6.45, 7) is 4.81. The number of alkyl halides is 17. The van der Waals surface area contributed by atoms with Crippen molar-refractivity contribution in [3.63, 3.8) is 0 Å². The Morgan fingerprint density at radius 2 is 0.865 bits per heavy atom. The fraction of sp³-hybridized carbons (Fsp3) is 1.00. The molecular formula is C17H21F17O2Si. The minimum absolute atomic E-state index is 0.954. The largest absolute Gasteiger partial charge is 0.394 e. The van der Waals surface area contributed by atoms with Crippen molar-refractivity contribution in [2.45, 2.75) is 106 Å². The Bertz CT molecular complexity index is 721. The summed E-state index contributed by atoms with van der Waals surface area (Å²) in [5.41, 5.74) is 0. The standard InChI is InChI=1S/C17H21F17O2Si/c1-6(2)35-37(36-7(3)4)5-8(18)12(23,24)14(27,28)16(31,32)17(33,34)15(29,30)13(25,26)10(20)9(19)11(21)22/h6-11,37H,5H2,1-4H3. The van der Waals surface area contributed by atoms with Gasteiger partial charge in [0.2, 0.25) is 6.17 Å². The Balaban J connectivity index is 6.46. The molecule has 0 radical (unpaired) electrons. The molecule has 0 spiro atoms. The molecule has 3 atom stereocenters. The Labute approximate surface area is 200 Å². The molecule has 0 fully saturated rings. The molecule has 0 rings (SSSR count). The highest BCUT2D eigenvalue weighted by Crippen LogP contribution is 2.61. The van der Waals surface area contributed by atoms with E-state index in [1.54, 1.807) is 0 Å². The average molecular weight is 608 g/mol. The van der Waals surface area contributed by atoms with Crippen LogP contribution in [0.3, 0.4) is 0 Å². The summed E-state index contributed by atoms with van der Waals surface area (Å²) < 4.78 is 239. The van der Waals surface area contributed by atoms with Crippen LogP contribution in [0.15, 0.2) is 0 Å². The van der Waals surface area contributed by atoms with Gasteiger partial charge in [-0.3, -0.25) is 0 Å².